The normalized spacial score (nSPS) is 55.1. The third-order valence-electron chi connectivity index (χ3n) is 6.48. The van der Waals surface area contributed by atoms with E-state index in [1.54, 1.807) is 6.08 Å². The van der Waals surface area contributed by atoms with Crippen molar-refractivity contribution in [2.24, 2.45) is 23.7 Å². The Morgan fingerprint density at radius 2 is 2.00 bits per heavy atom. The van der Waals surface area contributed by atoms with E-state index in [1.807, 2.05) is 6.92 Å². The van der Waals surface area contributed by atoms with Crippen molar-refractivity contribution in [3.8, 4) is 0 Å². The van der Waals surface area contributed by atoms with Gasteiger partial charge in [0, 0.05) is 18.3 Å². The Kier molecular flexibility index (Phi) is 3.85. The molecular weight excluding hydrogens is 296 g/mol. The molecule has 1 saturated carbocycles. The zero-order chi connectivity index (χ0) is 16.2. The van der Waals surface area contributed by atoms with Gasteiger partial charge in [0.2, 0.25) is 5.79 Å². The number of hydrogen-bond acceptors (Lipinski definition) is 5. The van der Waals surface area contributed by atoms with Crippen molar-refractivity contribution in [1.29, 1.82) is 0 Å². The SMILES string of the molecule is C=CCO[C@H]1O[C@@H]2O[C@@]3(C)CC[C@H]4[C@H](C)CC[C@@H]([C@H]1C)[C@@]24OO3. The van der Waals surface area contributed by atoms with Crippen molar-refractivity contribution in [1.82, 2.24) is 0 Å². The van der Waals surface area contributed by atoms with E-state index in [0.29, 0.717) is 24.4 Å². The van der Waals surface area contributed by atoms with Crippen LogP contribution in [0.4, 0.5) is 0 Å². The first kappa shape index (κ1) is 16.0. The van der Waals surface area contributed by atoms with Gasteiger partial charge in [-0.3, -0.25) is 0 Å². The van der Waals surface area contributed by atoms with Crippen molar-refractivity contribution in [3.05, 3.63) is 12.7 Å². The second kappa shape index (κ2) is 5.53. The van der Waals surface area contributed by atoms with Crippen molar-refractivity contribution in [3.63, 3.8) is 0 Å². The van der Waals surface area contributed by atoms with Crippen LogP contribution in [0.15, 0.2) is 12.7 Å². The molecule has 1 spiro atoms. The average molecular weight is 324 g/mol. The fourth-order valence-electron chi connectivity index (χ4n) is 5.23. The molecule has 8 atom stereocenters. The van der Waals surface area contributed by atoms with E-state index in [1.165, 1.54) is 6.42 Å². The predicted octanol–water partition coefficient (Wildman–Crippen LogP) is 3.40. The van der Waals surface area contributed by atoms with Crippen LogP contribution in [0.2, 0.25) is 0 Å². The molecule has 5 nitrogen and oxygen atoms in total. The Morgan fingerprint density at radius 3 is 2.78 bits per heavy atom. The Labute approximate surface area is 138 Å². The highest BCUT2D eigenvalue weighted by atomic mass is 17.3. The molecule has 0 amide bonds. The fraction of sp³-hybridized carbons (Fsp3) is 0.889. The Balaban J connectivity index is 1.71. The van der Waals surface area contributed by atoms with E-state index < -0.39 is 17.7 Å². The van der Waals surface area contributed by atoms with Crippen LogP contribution < -0.4 is 0 Å². The molecule has 5 heteroatoms. The van der Waals surface area contributed by atoms with Gasteiger partial charge in [-0.05, 0) is 38.0 Å². The lowest BCUT2D eigenvalue weighted by molar-refractivity contribution is -0.577. The Hall–Kier alpha value is -0.460. The van der Waals surface area contributed by atoms with Gasteiger partial charge in [-0.2, -0.15) is 0 Å². The molecular formula is C18H28O5. The highest BCUT2D eigenvalue weighted by Gasteiger charge is 2.69. The summed E-state index contributed by atoms with van der Waals surface area (Å²) in [7, 11) is 0. The van der Waals surface area contributed by atoms with E-state index in [4.69, 9.17) is 24.0 Å². The second-order valence-electron chi connectivity index (χ2n) is 7.90. The maximum atomic E-state index is 6.26. The van der Waals surface area contributed by atoms with Crippen LogP contribution in [0.1, 0.15) is 46.5 Å². The van der Waals surface area contributed by atoms with Crippen LogP contribution in [0.25, 0.3) is 0 Å². The molecule has 0 N–H and O–H groups in total. The molecule has 0 aromatic rings. The lowest BCUT2D eigenvalue weighted by atomic mass is 9.58. The lowest BCUT2D eigenvalue weighted by Gasteiger charge is -2.60. The molecule has 5 fully saturated rings. The number of ether oxygens (including phenoxy) is 3. The van der Waals surface area contributed by atoms with Gasteiger partial charge in [0.1, 0.15) is 0 Å². The zero-order valence-electron chi connectivity index (χ0n) is 14.3. The molecule has 0 unspecified atom stereocenters. The summed E-state index contributed by atoms with van der Waals surface area (Å²) in [6.07, 6.45) is 5.25. The van der Waals surface area contributed by atoms with Crippen LogP contribution >= 0.6 is 0 Å². The van der Waals surface area contributed by atoms with Crippen molar-refractivity contribution < 1.29 is 24.0 Å². The summed E-state index contributed by atoms with van der Waals surface area (Å²) in [6.45, 7) is 10.7. The van der Waals surface area contributed by atoms with Crippen molar-refractivity contribution in [2.75, 3.05) is 6.61 Å². The number of hydrogen-bond donors (Lipinski definition) is 0. The van der Waals surface area contributed by atoms with Crippen LogP contribution in [-0.2, 0) is 24.0 Å². The van der Waals surface area contributed by atoms with Gasteiger partial charge in [0.05, 0.1) is 6.61 Å². The summed E-state index contributed by atoms with van der Waals surface area (Å²) >= 11 is 0. The number of rotatable bonds is 3. The summed E-state index contributed by atoms with van der Waals surface area (Å²) in [4.78, 5) is 11.9. The molecule has 4 saturated heterocycles. The summed E-state index contributed by atoms with van der Waals surface area (Å²) < 4.78 is 18.4. The number of fused-ring (bicyclic) bond motifs is 2. The zero-order valence-corrected chi connectivity index (χ0v) is 14.3. The molecule has 1 aliphatic carbocycles. The molecule has 4 aliphatic heterocycles. The minimum atomic E-state index is -0.721. The highest BCUT2D eigenvalue weighted by Crippen LogP contribution is 2.60. The molecule has 130 valence electrons. The summed E-state index contributed by atoms with van der Waals surface area (Å²) in [5.41, 5.74) is -0.499. The Bertz CT molecular complexity index is 482. The van der Waals surface area contributed by atoms with E-state index in [9.17, 15) is 0 Å². The van der Waals surface area contributed by atoms with E-state index in [0.717, 1.165) is 19.3 Å². The molecule has 0 radical (unpaired) electrons. The maximum Gasteiger partial charge on any atom is 0.201 e. The first-order valence-corrected chi connectivity index (χ1v) is 8.93. The van der Waals surface area contributed by atoms with Gasteiger partial charge in [0.25, 0.3) is 0 Å². The molecule has 2 bridgehead atoms. The predicted molar refractivity (Wildman–Crippen MR) is 83.0 cm³/mol. The van der Waals surface area contributed by atoms with E-state index in [2.05, 4.69) is 20.4 Å². The summed E-state index contributed by atoms with van der Waals surface area (Å²) in [5.74, 6) is 0.818. The topological polar surface area (TPSA) is 46.2 Å². The fourth-order valence-corrected chi connectivity index (χ4v) is 5.23. The van der Waals surface area contributed by atoms with Crippen molar-refractivity contribution in [2.45, 2.75) is 70.4 Å². The van der Waals surface area contributed by atoms with Crippen LogP contribution in [-0.4, -0.2) is 30.6 Å². The molecule has 23 heavy (non-hydrogen) atoms. The molecule has 5 aliphatic rings. The van der Waals surface area contributed by atoms with Crippen molar-refractivity contribution >= 4 is 0 Å². The average Bonchev–Trinajstić information content (AvgIpc) is 2.76. The van der Waals surface area contributed by atoms with E-state index in [-0.39, 0.29) is 12.2 Å². The van der Waals surface area contributed by atoms with Gasteiger partial charge in [0.15, 0.2) is 18.2 Å². The summed E-state index contributed by atoms with van der Waals surface area (Å²) in [5, 5.41) is 0. The summed E-state index contributed by atoms with van der Waals surface area (Å²) in [6, 6.07) is 0. The van der Waals surface area contributed by atoms with Crippen LogP contribution in [0.5, 0.6) is 0 Å². The van der Waals surface area contributed by atoms with E-state index >= 15 is 0 Å². The van der Waals surface area contributed by atoms with Gasteiger partial charge < -0.3 is 14.2 Å². The molecule has 4 heterocycles. The monoisotopic (exact) mass is 324 g/mol. The smallest absolute Gasteiger partial charge is 0.201 e. The standard InChI is InChI=1S/C18H28O5/c1-5-10-19-15-12(3)14-7-6-11(2)13-8-9-17(4)21-16(20-15)18(13,14)23-22-17/h5,11-16H,1,6-10H2,2-4H3/t11-,12-,13+,14+,15+,16-,17-,18-/m1/s1. The lowest BCUT2D eigenvalue weighted by Crippen LogP contribution is -2.70. The first-order valence-electron chi connectivity index (χ1n) is 8.93. The minimum Gasteiger partial charge on any atom is -0.348 e. The van der Waals surface area contributed by atoms with Gasteiger partial charge >= 0.3 is 0 Å². The third kappa shape index (κ3) is 2.24. The first-order chi connectivity index (χ1) is 11.0. The molecule has 0 aromatic carbocycles. The van der Waals surface area contributed by atoms with Gasteiger partial charge in [-0.25, -0.2) is 9.78 Å². The Morgan fingerprint density at radius 1 is 1.17 bits per heavy atom. The van der Waals surface area contributed by atoms with Crippen LogP contribution in [0, 0.1) is 23.7 Å². The highest BCUT2D eigenvalue weighted by molar-refractivity contribution is 5.09. The largest absolute Gasteiger partial charge is 0.348 e. The van der Waals surface area contributed by atoms with Crippen LogP contribution in [0.3, 0.4) is 0 Å². The third-order valence-corrected chi connectivity index (χ3v) is 6.48. The minimum absolute atomic E-state index is 0.232. The maximum absolute atomic E-state index is 6.26. The second-order valence-corrected chi connectivity index (χ2v) is 7.90. The van der Waals surface area contributed by atoms with Gasteiger partial charge in [-0.15, -0.1) is 6.58 Å². The molecule has 0 aromatic heterocycles. The molecule has 5 rings (SSSR count). The van der Waals surface area contributed by atoms with Gasteiger partial charge in [-0.1, -0.05) is 19.9 Å². The quantitative estimate of drug-likeness (QED) is 0.588.